The van der Waals surface area contributed by atoms with Crippen LogP contribution in [0, 0.1) is 0 Å². The van der Waals surface area contributed by atoms with Gasteiger partial charge in [-0.1, -0.05) is 30.3 Å². The molecule has 1 unspecified atom stereocenters. The van der Waals surface area contributed by atoms with Gasteiger partial charge in [0.05, 0.1) is 112 Å². The topological polar surface area (TPSA) is 83.1 Å². The molecule has 1 atom stereocenters. The molecule has 0 saturated carbocycles. The number of rotatable bonds is 13. The van der Waals surface area contributed by atoms with Gasteiger partial charge in [-0.05, 0) is 5.56 Å². The second-order valence-electron chi connectivity index (χ2n) is 7.24. The van der Waals surface area contributed by atoms with Gasteiger partial charge in [-0.15, -0.1) is 0 Å². The molecule has 0 aromatic heterocycles. The highest BCUT2D eigenvalue weighted by atomic mass is 16.6. The molecule has 0 radical (unpaired) electrons. The summed E-state index contributed by atoms with van der Waals surface area (Å²) >= 11 is 0. The van der Waals surface area contributed by atoms with Crippen LogP contribution in [0.3, 0.4) is 0 Å². The van der Waals surface area contributed by atoms with E-state index in [1.165, 1.54) is 0 Å². The van der Waals surface area contributed by atoms with E-state index in [2.05, 4.69) is 0 Å². The van der Waals surface area contributed by atoms with Crippen LogP contribution in [0.25, 0.3) is 0 Å². The molecule has 9 heteroatoms. The van der Waals surface area contributed by atoms with Crippen molar-refractivity contribution in [1.29, 1.82) is 0 Å². The number of hydrogen-bond donors (Lipinski definition) is 0. The molecule has 33 heavy (non-hydrogen) atoms. The molecule has 9 nitrogen and oxygen atoms in total. The van der Waals surface area contributed by atoms with Crippen molar-refractivity contribution in [3.63, 3.8) is 0 Å². The number of hydrogen-bond acceptors (Lipinski definition) is 9. The van der Waals surface area contributed by atoms with Gasteiger partial charge in [-0.2, -0.15) is 0 Å². The van der Waals surface area contributed by atoms with Gasteiger partial charge < -0.3 is 42.6 Å². The van der Waals surface area contributed by atoms with Crippen molar-refractivity contribution in [1.82, 2.24) is 0 Å². The first kappa shape index (κ1) is 28.1. The summed E-state index contributed by atoms with van der Waals surface area (Å²) in [5.41, 5.74) is 1.16. The SMILES string of the molecule is c1ccc(COCCOCCOCCOCC2COCCOCCOCCOCCO2)cc1. The molecule has 190 valence electrons. The maximum absolute atomic E-state index is 5.81. The van der Waals surface area contributed by atoms with Crippen LogP contribution in [0.1, 0.15) is 5.56 Å². The fraction of sp³-hybridized carbons (Fsp3) is 0.750. The zero-order chi connectivity index (χ0) is 23.1. The van der Waals surface area contributed by atoms with Crippen molar-refractivity contribution >= 4 is 0 Å². The molecule has 0 bridgehead atoms. The van der Waals surface area contributed by atoms with Crippen LogP contribution >= 0.6 is 0 Å². The summed E-state index contributed by atoms with van der Waals surface area (Å²) in [6.45, 7) is 8.87. The lowest BCUT2D eigenvalue weighted by Gasteiger charge is -2.18. The maximum atomic E-state index is 5.81. The molecular formula is C24H40O9. The molecule has 1 aliphatic rings. The van der Waals surface area contributed by atoms with Gasteiger partial charge >= 0.3 is 0 Å². The van der Waals surface area contributed by atoms with E-state index in [1.54, 1.807) is 0 Å². The van der Waals surface area contributed by atoms with Gasteiger partial charge in [0.25, 0.3) is 0 Å². The largest absolute Gasteiger partial charge is 0.377 e. The number of ether oxygens (including phenoxy) is 9. The molecule has 0 spiro atoms. The second-order valence-corrected chi connectivity index (χ2v) is 7.24. The smallest absolute Gasteiger partial charge is 0.104 e. The lowest BCUT2D eigenvalue weighted by molar-refractivity contribution is -0.0836. The van der Waals surface area contributed by atoms with Crippen molar-refractivity contribution in [2.75, 3.05) is 106 Å². The fourth-order valence-electron chi connectivity index (χ4n) is 2.83. The first-order valence-corrected chi connectivity index (χ1v) is 11.7. The Balaban J connectivity index is 1.40. The Morgan fingerprint density at radius 1 is 0.576 bits per heavy atom. The summed E-state index contributed by atoms with van der Waals surface area (Å²) in [5.74, 6) is 0. The van der Waals surface area contributed by atoms with Crippen LogP contribution in [0.4, 0.5) is 0 Å². The second kappa shape index (κ2) is 21.4. The van der Waals surface area contributed by atoms with Crippen LogP contribution in [0.15, 0.2) is 30.3 Å². The first-order chi connectivity index (χ1) is 16.4. The molecule has 1 aromatic carbocycles. The average molecular weight is 473 g/mol. The highest BCUT2D eigenvalue weighted by molar-refractivity contribution is 5.13. The van der Waals surface area contributed by atoms with Crippen LogP contribution in [0.2, 0.25) is 0 Å². The van der Waals surface area contributed by atoms with Crippen LogP contribution < -0.4 is 0 Å². The van der Waals surface area contributed by atoms with Gasteiger partial charge in [-0.25, -0.2) is 0 Å². The Bertz CT molecular complexity index is 516. The molecule has 1 saturated heterocycles. The summed E-state index contributed by atoms with van der Waals surface area (Å²) in [5, 5.41) is 0. The Labute approximate surface area is 197 Å². The zero-order valence-corrected chi connectivity index (χ0v) is 19.7. The standard InChI is InChI=1S/C24H40O9/c1-2-4-23(5-3-1)20-30-15-12-26-8-9-28-14-17-32-22-24-21-31-16-13-27-7-6-25-10-11-29-18-19-33-24/h1-5,24H,6-22H2. The third-order valence-corrected chi connectivity index (χ3v) is 4.53. The van der Waals surface area contributed by atoms with E-state index >= 15 is 0 Å². The van der Waals surface area contributed by atoms with Gasteiger partial charge in [0.2, 0.25) is 0 Å². The molecule has 0 N–H and O–H groups in total. The number of benzene rings is 1. The quantitative estimate of drug-likeness (QED) is 0.399. The van der Waals surface area contributed by atoms with E-state index in [-0.39, 0.29) is 6.10 Å². The Kier molecular flexibility index (Phi) is 18.2. The highest BCUT2D eigenvalue weighted by Crippen LogP contribution is 2.00. The predicted molar refractivity (Wildman–Crippen MR) is 122 cm³/mol. The minimum absolute atomic E-state index is 0.158. The van der Waals surface area contributed by atoms with Gasteiger partial charge in [0.1, 0.15) is 6.10 Å². The van der Waals surface area contributed by atoms with E-state index in [4.69, 9.17) is 42.6 Å². The van der Waals surface area contributed by atoms with Crippen molar-refractivity contribution in [2.45, 2.75) is 12.7 Å². The van der Waals surface area contributed by atoms with Crippen molar-refractivity contribution in [3.8, 4) is 0 Å². The molecular weight excluding hydrogens is 432 g/mol. The minimum atomic E-state index is -0.158. The summed E-state index contributed by atoms with van der Waals surface area (Å²) < 4.78 is 50.0. The molecule has 2 rings (SSSR count). The average Bonchev–Trinajstić information content (AvgIpc) is 2.85. The lowest BCUT2D eigenvalue weighted by Crippen LogP contribution is -2.28. The van der Waals surface area contributed by atoms with Crippen molar-refractivity contribution in [3.05, 3.63) is 35.9 Å². The van der Waals surface area contributed by atoms with Crippen LogP contribution in [-0.2, 0) is 49.2 Å². The van der Waals surface area contributed by atoms with E-state index in [9.17, 15) is 0 Å². The Morgan fingerprint density at radius 2 is 1.09 bits per heavy atom. The highest BCUT2D eigenvalue weighted by Gasteiger charge is 2.10. The Hall–Kier alpha value is -1.14. The zero-order valence-electron chi connectivity index (χ0n) is 19.7. The molecule has 1 aromatic rings. The molecule has 0 aliphatic carbocycles. The molecule has 0 amide bonds. The van der Waals surface area contributed by atoms with Crippen molar-refractivity contribution in [2.24, 2.45) is 0 Å². The molecule has 1 fully saturated rings. The van der Waals surface area contributed by atoms with E-state index in [0.29, 0.717) is 112 Å². The third-order valence-electron chi connectivity index (χ3n) is 4.53. The Morgan fingerprint density at radius 3 is 1.73 bits per heavy atom. The van der Waals surface area contributed by atoms with E-state index < -0.39 is 0 Å². The summed E-state index contributed by atoms with van der Waals surface area (Å²) in [6, 6.07) is 10.1. The van der Waals surface area contributed by atoms with E-state index in [0.717, 1.165) is 5.56 Å². The van der Waals surface area contributed by atoms with Gasteiger partial charge in [-0.3, -0.25) is 0 Å². The predicted octanol–water partition coefficient (Wildman–Crippen LogP) is 1.72. The maximum Gasteiger partial charge on any atom is 0.104 e. The van der Waals surface area contributed by atoms with E-state index in [1.807, 2.05) is 30.3 Å². The summed E-state index contributed by atoms with van der Waals surface area (Å²) in [6.07, 6.45) is -0.158. The monoisotopic (exact) mass is 472 g/mol. The minimum Gasteiger partial charge on any atom is -0.377 e. The summed E-state index contributed by atoms with van der Waals surface area (Å²) in [4.78, 5) is 0. The van der Waals surface area contributed by atoms with Crippen molar-refractivity contribution < 1.29 is 42.6 Å². The molecule has 1 heterocycles. The van der Waals surface area contributed by atoms with Crippen LogP contribution in [0.5, 0.6) is 0 Å². The fourth-order valence-corrected chi connectivity index (χ4v) is 2.83. The first-order valence-electron chi connectivity index (χ1n) is 11.7. The van der Waals surface area contributed by atoms with Crippen LogP contribution in [-0.4, -0.2) is 112 Å². The third kappa shape index (κ3) is 17.0. The molecule has 1 aliphatic heterocycles. The normalized spacial score (nSPS) is 19.6. The lowest BCUT2D eigenvalue weighted by atomic mass is 10.2. The van der Waals surface area contributed by atoms with Gasteiger partial charge in [0.15, 0.2) is 0 Å². The summed E-state index contributed by atoms with van der Waals surface area (Å²) in [7, 11) is 0. The van der Waals surface area contributed by atoms with Gasteiger partial charge in [0, 0.05) is 0 Å².